The van der Waals surface area contributed by atoms with E-state index in [-0.39, 0.29) is 0 Å². The number of rotatable bonds is 2. The van der Waals surface area contributed by atoms with Gasteiger partial charge >= 0.3 is 0 Å². The van der Waals surface area contributed by atoms with E-state index in [0.29, 0.717) is 11.1 Å². The van der Waals surface area contributed by atoms with E-state index in [1.54, 1.807) is 0 Å². The van der Waals surface area contributed by atoms with E-state index in [0.717, 1.165) is 21.8 Å². The minimum Gasteiger partial charge on any atom is -0.394 e. The average Bonchev–Trinajstić information content (AvgIpc) is 3.24. The maximum Gasteiger partial charge on any atom is 0.147 e. The number of hydrogen-bond acceptors (Lipinski definition) is 10. The van der Waals surface area contributed by atoms with Gasteiger partial charge in [-0.25, -0.2) is 0 Å². The van der Waals surface area contributed by atoms with Crippen LogP contribution in [0.4, 0.5) is 0 Å². The molecule has 3 aromatic rings. The molecule has 2 saturated heterocycles. The minimum absolute atomic E-state index is 0.528. The van der Waals surface area contributed by atoms with Crippen molar-refractivity contribution in [1.29, 1.82) is 0 Å². The molecule has 3 heterocycles. The van der Waals surface area contributed by atoms with Gasteiger partial charge in [-0.1, -0.05) is 35.8 Å². The fraction of sp³-hybridized carbons (Fsp3) is 0.448. The zero-order chi connectivity index (χ0) is 28.7. The number of hydrogen-bond donors (Lipinski definition) is 8. The van der Waals surface area contributed by atoms with Gasteiger partial charge in [0.25, 0.3) is 0 Å². The Kier molecular flexibility index (Phi) is 8.15. The lowest BCUT2D eigenvalue weighted by Crippen LogP contribution is -2.58. The van der Waals surface area contributed by atoms with E-state index in [1.807, 2.05) is 48.0 Å². The van der Waals surface area contributed by atoms with Crippen LogP contribution in [0.15, 0.2) is 36.4 Å². The van der Waals surface area contributed by atoms with Crippen LogP contribution in [0.1, 0.15) is 11.1 Å². The number of fused-ring (bicyclic) bond motifs is 3. The monoisotopic (exact) mass is 553 g/mol. The van der Waals surface area contributed by atoms with Crippen LogP contribution in [0.5, 0.6) is 0 Å². The Hall–Kier alpha value is -3.04. The number of benzene rings is 2. The summed E-state index contributed by atoms with van der Waals surface area (Å²) in [5.41, 5.74) is 2.99. The molecule has 10 atom stereocenters. The Morgan fingerprint density at radius 3 is 1.40 bits per heavy atom. The van der Waals surface area contributed by atoms with Crippen molar-refractivity contribution in [3.8, 4) is 23.7 Å². The van der Waals surface area contributed by atoms with Gasteiger partial charge in [-0.2, -0.15) is 0 Å². The molecular weight excluding hydrogens is 522 g/mol. The molecule has 2 aromatic carbocycles. The molecule has 0 saturated carbocycles. The van der Waals surface area contributed by atoms with E-state index < -0.39 is 74.3 Å². The number of nitrogens with zero attached hydrogens (tertiary/aromatic N) is 1. The molecule has 0 amide bonds. The quantitative estimate of drug-likeness (QED) is 0.161. The first-order chi connectivity index (χ1) is 19.1. The van der Waals surface area contributed by atoms with Crippen molar-refractivity contribution in [2.45, 2.75) is 61.0 Å². The number of aliphatic hydroxyl groups is 8. The zero-order valence-corrected chi connectivity index (χ0v) is 21.5. The first kappa shape index (κ1) is 28.5. The molecule has 40 heavy (non-hydrogen) atoms. The van der Waals surface area contributed by atoms with E-state index in [4.69, 9.17) is 9.47 Å². The van der Waals surface area contributed by atoms with Crippen molar-refractivity contribution >= 4 is 21.8 Å². The summed E-state index contributed by atoms with van der Waals surface area (Å²) in [7, 11) is 1.88. The smallest absolute Gasteiger partial charge is 0.147 e. The maximum atomic E-state index is 10.2. The van der Waals surface area contributed by atoms with Crippen LogP contribution in [0.3, 0.4) is 0 Å². The van der Waals surface area contributed by atoms with Gasteiger partial charge in [0.1, 0.15) is 61.0 Å². The highest BCUT2D eigenvalue weighted by atomic mass is 16.5. The third-order valence-corrected chi connectivity index (χ3v) is 7.51. The van der Waals surface area contributed by atoms with Crippen molar-refractivity contribution in [2.24, 2.45) is 7.05 Å². The lowest BCUT2D eigenvalue weighted by Gasteiger charge is -2.37. The molecule has 2 fully saturated rings. The van der Waals surface area contributed by atoms with Crippen LogP contribution >= 0.6 is 0 Å². The van der Waals surface area contributed by atoms with Gasteiger partial charge in [0.15, 0.2) is 0 Å². The number of aromatic nitrogens is 1. The summed E-state index contributed by atoms with van der Waals surface area (Å²) in [6, 6.07) is 11.2. The van der Waals surface area contributed by atoms with Crippen molar-refractivity contribution in [2.75, 3.05) is 13.2 Å². The summed E-state index contributed by atoms with van der Waals surface area (Å²) in [6.45, 7) is -1.06. The predicted octanol–water partition coefficient (Wildman–Crippen LogP) is -2.28. The molecule has 8 N–H and O–H groups in total. The Labute approximate surface area is 229 Å². The van der Waals surface area contributed by atoms with Crippen LogP contribution in [0.2, 0.25) is 0 Å². The largest absolute Gasteiger partial charge is 0.394 e. The van der Waals surface area contributed by atoms with Crippen molar-refractivity contribution < 1.29 is 50.3 Å². The summed E-state index contributed by atoms with van der Waals surface area (Å²) in [4.78, 5) is 0. The molecule has 0 spiro atoms. The third kappa shape index (κ3) is 5.09. The lowest BCUT2D eigenvalue weighted by molar-refractivity contribution is -0.214. The molecule has 2 aliphatic heterocycles. The molecule has 2 aliphatic rings. The first-order valence-electron chi connectivity index (χ1n) is 12.8. The van der Waals surface area contributed by atoms with Gasteiger partial charge in [0, 0.05) is 28.9 Å². The van der Waals surface area contributed by atoms with Crippen molar-refractivity contribution in [3.63, 3.8) is 0 Å². The molecule has 0 aliphatic carbocycles. The maximum absolute atomic E-state index is 10.2. The summed E-state index contributed by atoms with van der Waals surface area (Å²) < 4.78 is 12.9. The third-order valence-electron chi connectivity index (χ3n) is 7.51. The summed E-state index contributed by atoms with van der Waals surface area (Å²) in [6.07, 6.45) is -13.0. The zero-order valence-electron chi connectivity index (χ0n) is 21.5. The molecule has 1 aromatic heterocycles. The molecule has 0 unspecified atom stereocenters. The number of aryl methyl sites for hydroxylation is 1. The van der Waals surface area contributed by atoms with Gasteiger partial charge in [-0.15, -0.1) is 0 Å². The Morgan fingerprint density at radius 2 is 1.02 bits per heavy atom. The second-order valence-electron chi connectivity index (χ2n) is 10.1. The molecule has 11 heteroatoms. The normalized spacial score (nSPS) is 34.2. The summed E-state index contributed by atoms with van der Waals surface area (Å²) in [5.74, 6) is 11.4. The van der Waals surface area contributed by atoms with Gasteiger partial charge in [-0.3, -0.25) is 0 Å². The summed E-state index contributed by atoms with van der Waals surface area (Å²) >= 11 is 0. The highest BCUT2D eigenvalue weighted by Gasteiger charge is 2.43. The standard InChI is InChI=1S/C29H31NO10/c1-30-18-10-14(4-8-20-24(33)28(37)26(35)22(12-31)39-20)2-6-16(18)17-7-3-15(11-19(17)30)5-9-21-25(34)29(38)27(36)23(13-32)40-21/h2-3,6-7,10-11,20-29,31-38H,12-13H2,1H3/t20-,21-,22-,23-,24-,25-,26-,27-,28-,29-/m1/s1. The molecule has 212 valence electrons. The van der Waals surface area contributed by atoms with E-state index in [1.165, 1.54) is 0 Å². The van der Waals surface area contributed by atoms with Crippen LogP contribution in [0, 0.1) is 23.7 Å². The lowest BCUT2D eigenvalue weighted by atomic mass is 9.95. The fourth-order valence-corrected chi connectivity index (χ4v) is 5.11. The van der Waals surface area contributed by atoms with Crippen molar-refractivity contribution in [1.82, 2.24) is 4.57 Å². The highest BCUT2D eigenvalue weighted by molar-refractivity contribution is 6.08. The predicted molar refractivity (Wildman–Crippen MR) is 142 cm³/mol. The SMILES string of the molecule is Cn1c2cc(C#C[C@H]3O[C@H](CO)[C@@H](O)[C@H](O)[C@@H]3O)ccc2c2ccc(C#C[C@H]3O[C@H](CO)[C@@H](O)[C@H](O)[C@@H]3O)cc21. The topological polar surface area (TPSA) is 185 Å². The second-order valence-corrected chi connectivity index (χ2v) is 10.1. The fourth-order valence-electron chi connectivity index (χ4n) is 5.11. The van der Waals surface area contributed by atoms with Gasteiger partial charge < -0.3 is 54.9 Å². The second kappa shape index (κ2) is 11.4. The number of aliphatic hydroxyl groups excluding tert-OH is 8. The van der Waals surface area contributed by atoms with Gasteiger partial charge in [0.2, 0.25) is 0 Å². The number of ether oxygens (including phenoxy) is 2. The average molecular weight is 554 g/mol. The van der Waals surface area contributed by atoms with Crippen LogP contribution in [-0.4, -0.2) is 120 Å². The van der Waals surface area contributed by atoms with E-state index >= 15 is 0 Å². The molecule has 11 nitrogen and oxygen atoms in total. The first-order valence-corrected chi connectivity index (χ1v) is 12.8. The van der Waals surface area contributed by atoms with E-state index in [9.17, 15) is 40.9 Å². The Bertz CT molecular complexity index is 1400. The van der Waals surface area contributed by atoms with Gasteiger partial charge in [0.05, 0.1) is 24.2 Å². The van der Waals surface area contributed by atoms with Crippen LogP contribution < -0.4 is 0 Å². The van der Waals surface area contributed by atoms with Crippen molar-refractivity contribution in [3.05, 3.63) is 47.5 Å². The molecular formula is C29H31NO10. The Balaban J connectivity index is 1.41. The van der Waals surface area contributed by atoms with Crippen LogP contribution in [0.25, 0.3) is 21.8 Å². The molecule has 5 rings (SSSR count). The summed E-state index contributed by atoms with van der Waals surface area (Å²) in [5, 5.41) is 81.0. The van der Waals surface area contributed by atoms with E-state index in [2.05, 4.69) is 23.7 Å². The van der Waals surface area contributed by atoms with Crippen LogP contribution in [-0.2, 0) is 16.5 Å². The molecule has 0 radical (unpaired) electrons. The highest BCUT2D eigenvalue weighted by Crippen LogP contribution is 2.30. The minimum atomic E-state index is -1.50. The molecule has 0 bridgehead atoms. The van der Waals surface area contributed by atoms with Gasteiger partial charge in [-0.05, 0) is 24.3 Å². The Morgan fingerprint density at radius 1 is 0.625 bits per heavy atom.